The third kappa shape index (κ3) is 4.84. The van der Waals surface area contributed by atoms with Crippen molar-refractivity contribution in [2.75, 3.05) is 14.2 Å². The number of ether oxygens (including phenoxy) is 2. The van der Waals surface area contributed by atoms with Gasteiger partial charge in [0.1, 0.15) is 34.8 Å². The van der Waals surface area contributed by atoms with Crippen molar-refractivity contribution >= 4 is 9.84 Å². The number of furan rings is 1. The summed E-state index contributed by atoms with van der Waals surface area (Å²) in [5.41, 5.74) is 1.39. The van der Waals surface area contributed by atoms with Crippen molar-refractivity contribution < 1.29 is 27.4 Å². The highest BCUT2D eigenvalue weighted by atomic mass is 32.2. The van der Waals surface area contributed by atoms with E-state index in [-0.39, 0.29) is 17.3 Å². The highest BCUT2D eigenvalue weighted by Crippen LogP contribution is 2.37. The minimum atomic E-state index is -3.93. The lowest BCUT2D eigenvalue weighted by atomic mass is 10.1. The van der Waals surface area contributed by atoms with Gasteiger partial charge in [-0.1, -0.05) is 12.1 Å². The van der Waals surface area contributed by atoms with Crippen molar-refractivity contribution in [1.82, 2.24) is 19.7 Å². The second-order valence-corrected chi connectivity index (χ2v) is 10.7. The van der Waals surface area contributed by atoms with E-state index in [2.05, 4.69) is 15.2 Å². The Labute approximate surface area is 209 Å². The summed E-state index contributed by atoms with van der Waals surface area (Å²) >= 11 is 0. The van der Waals surface area contributed by atoms with Gasteiger partial charge < -0.3 is 19.0 Å². The molecular formula is C25H28N4O6S. The Hall–Kier alpha value is -3.70. The predicted octanol–water partition coefficient (Wildman–Crippen LogP) is 3.59. The van der Waals surface area contributed by atoms with Crippen molar-refractivity contribution in [3.63, 3.8) is 0 Å². The number of aromatic nitrogens is 4. The minimum Gasteiger partial charge on any atom is -0.494 e. The van der Waals surface area contributed by atoms with Crippen molar-refractivity contribution in [2.24, 2.45) is 0 Å². The molecule has 0 fully saturated rings. The van der Waals surface area contributed by atoms with E-state index >= 15 is 0 Å². The van der Waals surface area contributed by atoms with Crippen LogP contribution in [0.3, 0.4) is 0 Å². The van der Waals surface area contributed by atoms with Gasteiger partial charge in [0.25, 0.3) is 0 Å². The summed E-state index contributed by atoms with van der Waals surface area (Å²) in [4.78, 5) is 4.28. The van der Waals surface area contributed by atoms with E-state index in [1.165, 1.54) is 21.1 Å². The fourth-order valence-electron chi connectivity index (χ4n) is 3.89. The number of hydrogen-bond acceptors (Lipinski definition) is 9. The second-order valence-electron chi connectivity index (χ2n) is 8.36. The van der Waals surface area contributed by atoms with Crippen LogP contribution in [0, 0.1) is 13.8 Å². The van der Waals surface area contributed by atoms with E-state index in [4.69, 9.17) is 13.9 Å². The lowest BCUT2D eigenvalue weighted by Crippen LogP contribution is -2.28. The van der Waals surface area contributed by atoms with E-state index < -0.39 is 26.9 Å². The van der Waals surface area contributed by atoms with Gasteiger partial charge in [-0.3, -0.25) is 9.55 Å². The molecular weight excluding hydrogens is 484 g/mol. The number of methoxy groups -OCH3 is 2. The quantitative estimate of drug-likeness (QED) is 0.357. The van der Waals surface area contributed by atoms with Crippen LogP contribution in [0.2, 0.25) is 0 Å². The molecule has 1 aromatic carbocycles. The van der Waals surface area contributed by atoms with E-state index in [1.54, 1.807) is 66.9 Å². The molecule has 0 radical (unpaired) electrons. The van der Waals surface area contributed by atoms with Gasteiger partial charge in [-0.15, -0.1) is 10.2 Å². The van der Waals surface area contributed by atoms with Crippen molar-refractivity contribution in [3.8, 4) is 28.8 Å². The molecule has 4 rings (SSSR count). The average Bonchev–Trinajstić information content (AvgIpc) is 3.47. The largest absolute Gasteiger partial charge is 0.494 e. The van der Waals surface area contributed by atoms with Gasteiger partial charge in [0.15, 0.2) is 21.4 Å². The van der Waals surface area contributed by atoms with Gasteiger partial charge in [0, 0.05) is 5.69 Å². The van der Waals surface area contributed by atoms with Crippen molar-refractivity contribution in [2.45, 2.75) is 37.9 Å². The number of aliphatic hydroxyl groups is 1. The summed E-state index contributed by atoms with van der Waals surface area (Å²) in [7, 11) is -0.926. The summed E-state index contributed by atoms with van der Waals surface area (Å²) in [5.74, 6) is 1.79. The van der Waals surface area contributed by atoms with Gasteiger partial charge in [0.2, 0.25) is 5.82 Å². The zero-order valence-electron chi connectivity index (χ0n) is 20.7. The summed E-state index contributed by atoms with van der Waals surface area (Å²) in [6.07, 6.45) is -1.32. The minimum absolute atomic E-state index is 0.109. The van der Waals surface area contributed by atoms with Crippen LogP contribution in [-0.4, -0.2) is 52.7 Å². The Morgan fingerprint density at radius 3 is 2.25 bits per heavy atom. The fraction of sp³-hybridized carbons (Fsp3) is 0.320. The first kappa shape index (κ1) is 25.4. The molecule has 1 N–H and O–H groups in total. The standard InChI is InChI=1S/C25H28N4O6S/c1-15-8-6-9-18(26-15)24(30)17(3)36(31,32)14-22-27-28-25(21-13-12-16(2)35-21)29(22)23-19(33-4)10-7-11-20(23)34-5/h6-13,17,24,30H,14H2,1-5H3/t17-,24+/m1/s1. The smallest absolute Gasteiger partial charge is 0.204 e. The lowest BCUT2D eigenvalue weighted by Gasteiger charge is -2.20. The molecule has 190 valence electrons. The van der Waals surface area contributed by atoms with Gasteiger partial charge in [0.05, 0.1) is 25.2 Å². The molecule has 0 spiro atoms. The summed E-state index contributed by atoms with van der Waals surface area (Å²) in [6.45, 7) is 5.02. The number of aliphatic hydroxyl groups excluding tert-OH is 1. The summed E-state index contributed by atoms with van der Waals surface area (Å²) < 4.78 is 45.4. The van der Waals surface area contributed by atoms with Crippen LogP contribution in [0.5, 0.6) is 11.5 Å². The Morgan fingerprint density at radius 2 is 1.67 bits per heavy atom. The third-order valence-corrected chi connectivity index (χ3v) is 7.92. The Kier molecular flexibility index (Phi) is 7.14. The molecule has 0 saturated heterocycles. The number of nitrogens with zero attached hydrogens (tertiary/aromatic N) is 4. The number of para-hydroxylation sites is 1. The van der Waals surface area contributed by atoms with Gasteiger partial charge >= 0.3 is 0 Å². The molecule has 0 aliphatic heterocycles. The monoisotopic (exact) mass is 512 g/mol. The van der Waals surface area contributed by atoms with Crippen LogP contribution < -0.4 is 9.47 Å². The Balaban J connectivity index is 1.82. The highest BCUT2D eigenvalue weighted by Gasteiger charge is 2.34. The number of rotatable bonds is 9. The molecule has 10 nitrogen and oxygen atoms in total. The molecule has 3 heterocycles. The molecule has 36 heavy (non-hydrogen) atoms. The van der Waals surface area contributed by atoms with E-state index in [9.17, 15) is 13.5 Å². The Morgan fingerprint density at radius 1 is 1.00 bits per heavy atom. The van der Waals surface area contributed by atoms with Gasteiger partial charge in [-0.25, -0.2) is 8.42 Å². The molecule has 4 aromatic rings. The Bertz CT molecular complexity index is 1460. The van der Waals surface area contributed by atoms with Crippen molar-refractivity contribution in [3.05, 3.63) is 71.5 Å². The molecule has 3 aromatic heterocycles. The number of aryl methyl sites for hydroxylation is 2. The SMILES string of the molecule is COc1cccc(OC)c1-n1c(CS(=O)(=O)[C@H](C)[C@H](O)c2cccc(C)n2)nnc1-c1ccc(C)o1. The maximum absolute atomic E-state index is 13.5. The molecule has 0 amide bonds. The predicted molar refractivity (Wildman–Crippen MR) is 133 cm³/mol. The highest BCUT2D eigenvalue weighted by molar-refractivity contribution is 7.91. The number of hydrogen-bond donors (Lipinski definition) is 1. The first-order chi connectivity index (χ1) is 17.2. The zero-order chi connectivity index (χ0) is 26.0. The topological polar surface area (TPSA) is 130 Å². The van der Waals surface area contributed by atoms with Crippen LogP contribution in [0.25, 0.3) is 17.3 Å². The number of benzene rings is 1. The van der Waals surface area contributed by atoms with E-state index in [0.717, 1.165) is 0 Å². The van der Waals surface area contributed by atoms with Gasteiger partial charge in [-0.05, 0) is 57.2 Å². The van der Waals surface area contributed by atoms with Crippen LogP contribution in [0.15, 0.2) is 52.9 Å². The van der Waals surface area contributed by atoms with E-state index in [1.807, 2.05) is 0 Å². The van der Waals surface area contributed by atoms with Crippen LogP contribution in [0.4, 0.5) is 0 Å². The van der Waals surface area contributed by atoms with Crippen LogP contribution in [0.1, 0.15) is 36.0 Å². The fourth-order valence-corrected chi connectivity index (χ4v) is 5.23. The first-order valence-corrected chi connectivity index (χ1v) is 12.9. The zero-order valence-corrected chi connectivity index (χ0v) is 21.5. The third-order valence-electron chi connectivity index (χ3n) is 5.87. The maximum atomic E-state index is 13.5. The molecule has 0 bridgehead atoms. The summed E-state index contributed by atoms with van der Waals surface area (Å²) in [5, 5.41) is 18.1. The van der Waals surface area contributed by atoms with Crippen molar-refractivity contribution in [1.29, 1.82) is 0 Å². The molecule has 0 saturated carbocycles. The number of pyridine rings is 1. The van der Waals surface area contributed by atoms with Gasteiger partial charge in [-0.2, -0.15) is 0 Å². The maximum Gasteiger partial charge on any atom is 0.204 e. The molecule has 0 unspecified atom stereocenters. The van der Waals surface area contributed by atoms with Crippen LogP contribution in [-0.2, 0) is 15.6 Å². The normalized spacial score (nSPS) is 13.4. The molecule has 0 aliphatic rings. The van der Waals surface area contributed by atoms with E-state index in [0.29, 0.717) is 34.4 Å². The lowest BCUT2D eigenvalue weighted by molar-refractivity contribution is 0.171. The first-order valence-electron chi connectivity index (χ1n) is 11.2. The molecule has 0 aliphatic carbocycles. The molecule has 11 heteroatoms. The molecule has 2 atom stereocenters. The second kappa shape index (κ2) is 10.1. The van der Waals surface area contributed by atoms with Crippen LogP contribution >= 0.6 is 0 Å². The average molecular weight is 513 g/mol. The summed E-state index contributed by atoms with van der Waals surface area (Å²) in [6, 6.07) is 13.8. The number of sulfone groups is 1.